The minimum atomic E-state index is -0.782. The Morgan fingerprint density at radius 1 is 0.933 bits per heavy atom. The molecular weight excluding hydrogens is 578 g/mol. The molecule has 0 unspecified atom stereocenters. The molecule has 6 N–H and O–H groups in total. The summed E-state index contributed by atoms with van der Waals surface area (Å²) in [4.78, 5) is 25.5. The maximum Gasteiger partial charge on any atom is 0.243 e. The van der Waals surface area contributed by atoms with E-state index in [-0.39, 0.29) is 36.9 Å². The third kappa shape index (κ3) is 10.6. The van der Waals surface area contributed by atoms with E-state index in [4.69, 9.17) is 14.7 Å². The van der Waals surface area contributed by atoms with Gasteiger partial charge in [0.2, 0.25) is 11.8 Å². The molecule has 1 saturated heterocycles. The average molecular weight is 622 g/mol. The molecule has 3 aromatic carbocycles. The minimum Gasteiger partial charge on any atom is -0.508 e. The predicted molar refractivity (Wildman–Crippen MR) is 167 cm³/mol. The number of aliphatic hydroxyl groups is 2. The number of hydroxylamine groups is 1. The first kappa shape index (κ1) is 34.0. The van der Waals surface area contributed by atoms with E-state index in [1.165, 1.54) is 0 Å². The molecule has 45 heavy (non-hydrogen) atoms. The maximum absolute atomic E-state index is 12.4. The number of carbonyl (C=O) groups excluding carboxylic acids is 2. The van der Waals surface area contributed by atoms with Crippen molar-refractivity contribution in [3.8, 4) is 5.75 Å². The van der Waals surface area contributed by atoms with E-state index >= 15 is 0 Å². The van der Waals surface area contributed by atoms with E-state index in [9.17, 15) is 24.9 Å². The Labute approximate surface area is 263 Å². The van der Waals surface area contributed by atoms with Crippen LogP contribution in [-0.2, 0) is 25.7 Å². The zero-order valence-corrected chi connectivity index (χ0v) is 25.5. The number of phenolic OH excluding ortho intramolecular Hbond substituents is 1. The molecule has 0 aliphatic carbocycles. The van der Waals surface area contributed by atoms with Gasteiger partial charge in [-0.25, -0.2) is 5.48 Å². The van der Waals surface area contributed by atoms with E-state index < -0.39 is 18.3 Å². The van der Waals surface area contributed by atoms with Crippen molar-refractivity contribution in [1.82, 2.24) is 10.4 Å². The fourth-order valence-electron chi connectivity index (χ4n) is 5.34. The Balaban J connectivity index is 1.38. The molecule has 1 heterocycles. The Morgan fingerprint density at radius 3 is 2.29 bits per heavy atom. The van der Waals surface area contributed by atoms with Gasteiger partial charge in [0.25, 0.3) is 0 Å². The minimum absolute atomic E-state index is 0.0429. The molecule has 1 aliphatic rings. The Hall–Kier alpha value is -3.84. The quantitative estimate of drug-likeness (QED) is 0.0816. The van der Waals surface area contributed by atoms with Gasteiger partial charge >= 0.3 is 0 Å². The Morgan fingerprint density at radius 2 is 1.62 bits per heavy atom. The molecule has 242 valence electrons. The third-order valence-corrected chi connectivity index (χ3v) is 7.77. The molecular formula is C34H43N3O8. The van der Waals surface area contributed by atoms with Gasteiger partial charge in [-0.2, -0.15) is 0 Å². The summed E-state index contributed by atoms with van der Waals surface area (Å²) >= 11 is 0. The third-order valence-electron chi connectivity index (χ3n) is 7.77. The van der Waals surface area contributed by atoms with Crippen LogP contribution in [0.15, 0.2) is 72.8 Å². The number of ether oxygens (including phenoxy) is 2. The van der Waals surface area contributed by atoms with Crippen LogP contribution in [0, 0.1) is 0 Å². The van der Waals surface area contributed by atoms with Crippen molar-refractivity contribution >= 4 is 17.5 Å². The number of nitrogens with zero attached hydrogens (tertiary/aromatic N) is 1. The molecule has 4 atom stereocenters. The van der Waals surface area contributed by atoms with Crippen LogP contribution < -0.4 is 10.8 Å². The van der Waals surface area contributed by atoms with Gasteiger partial charge in [-0.15, -0.1) is 0 Å². The summed E-state index contributed by atoms with van der Waals surface area (Å²) in [6.07, 6.45) is 1.11. The van der Waals surface area contributed by atoms with Gasteiger partial charge in [0.1, 0.15) is 5.75 Å². The van der Waals surface area contributed by atoms with Crippen molar-refractivity contribution in [3.63, 3.8) is 0 Å². The molecule has 0 radical (unpaired) electrons. The first-order chi connectivity index (χ1) is 21.7. The van der Waals surface area contributed by atoms with Crippen molar-refractivity contribution in [2.75, 3.05) is 25.5 Å². The molecule has 0 spiro atoms. The second-order valence-electron chi connectivity index (χ2n) is 11.4. The lowest BCUT2D eigenvalue weighted by molar-refractivity contribution is -0.252. The number of unbranched alkanes of at least 4 members (excludes halogenated alkanes) is 2. The summed E-state index contributed by atoms with van der Waals surface area (Å²) in [6, 6.07) is 21.6. The van der Waals surface area contributed by atoms with Crippen molar-refractivity contribution in [2.24, 2.45) is 0 Å². The number of amides is 2. The van der Waals surface area contributed by atoms with E-state index in [1.54, 1.807) is 41.9 Å². The first-order valence-electron chi connectivity index (χ1n) is 15.2. The second-order valence-corrected chi connectivity index (χ2v) is 11.4. The number of nitrogens with one attached hydrogen (secondary N) is 2. The summed E-state index contributed by atoms with van der Waals surface area (Å²) in [5, 5.41) is 41.4. The smallest absolute Gasteiger partial charge is 0.243 e. The van der Waals surface area contributed by atoms with Gasteiger partial charge < -0.3 is 35.0 Å². The van der Waals surface area contributed by atoms with Crippen molar-refractivity contribution < 1.29 is 39.6 Å². The number of hydrogen-bond donors (Lipinski definition) is 6. The molecule has 0 saturated carbocycles. The van der Waals surface area contributed by atoms with Crippen molar-refractivity contribution in [2.45, 2.75) is 69.7 Å². The van der Waals surface area contributed by atoms with Crippen LogP contribution in [0.2, 0.25) is 0 Å². The highest BCUT2D eigenvalue weighted by molar-refractivity contribution is 5.90. The number of likely N-dealkylation sites (N-methyl/N-ethyl adjacent to an activating group) is 1. The van der Waals surface area contributed by atoms with E-state index in [0.717, 1.165) is 16.7 Å². The van der Waals surface area contributed by atoms with Crippen LogP contribution in [0.25, 0.3) is 0 Å². The SMILES string of the molecule is CN(C[C@@H]1C[C@H](c2ccc(CO)cc2)O[C@H](c2ccc(NC(=O)CCCCCC(=O)NO)cc2)O1)C[C@@H](O)c1cccc(O)c1. The van der Waals surface area contributed by atoms with Gasteiger partial charge in [0.15, 0.2) is 6.29 Å². The molecule has 0 bridgehead atoms. The highest BCUT2D eigenvalue weighted by atomic mass is 16.7. The lowest BCUT2D eigenvalue weighted by atomic mass is 9.99. The monoisotopic (exact) mass is 621 g/mol. The molecule has 2 amide bonds. The molecule has 1 aliphatic heterocycles. The molecule has 4 rings (SSSR count). The number of rotatable bonds is 15. The summed E-state index contributed by atoms with van der Waals surface area (Å²) in [6.45, 7) is 0.829. The predicted octanol–water partition coefficient (Wildman–Crippen LogP) is 4.49. The average Bonchev–Trinajstić information content (AvgIpc) is 3.04. The zero-order valence-electron chi connectivity index (χ0n) is 25.5. The lowest BCUT2D eigenvalue weighted by Crippen LogP contribution is -2.39. The van der Waals surface area contributed by atoms with E-state index in [2.05, 4.69) is 5.32 Å². The summed E-state index contributed by atoms with van der Waals surface area (Å²) in [7, 11) is 1.91. The number of anilines is 1. The van der Waals surface area contributed by atoms with Crippen molar-refractivity contribution in [3.05, 3.63) is 95.1 Å². The van der Waals surface area contributed by atoms with Crippen LogP contribution in [-0.4, -0.2) is 63.5 Å². The van der Waals surface area contributed by atoms with Gasteiger partial charge in [0.05, 0.1) is 24.9 Å². The summed E-state index contributed by atoms with van der Waals surface area (Å²) < 4.78 is 12.8. The molecule has 3 aromatic rings. The zero-order chi connectivity index (χ0) is 32.2. The fraction of sp³-hybridized carbons (Fsp3) is 0.412. The standard InChI is InChI=1S/C34H43N3O8/c1-37(21-30(40)26-6-5-7-28(39)18-26)20-29-19-31(24-12-10-23(22-38)11-13-24)45-34(44-29)25-14-16-27(17-15-25)35-32(41)8-3-2-4-9-33(42)36-43/h5-7,10-18,29-31,34,38-40,43H,2-4,8-9,19-22H2,1H3,(H,35,41)(H,36,42)/t29-,30+,31+,34+/m0/s1. The largest absolute Gasteiger partial charge is 0.508 e. The summed E-state index contributed by atoms with van der Waals surface area (Å²) in [5.74, 6) is -0.451. The molecule has 11 heteroatoms. The lowest BCUT2D eigenvalue weighted by Gasteiger charge is -2.38. The number of aliphatic hydroxyl groups excluding tert-OH is 2. The number of aromatic hydroxyl groups is 1. The summed E-state index contributed by atoms with van der Waals surface area (Å²) in [5.41, 5.74) is 5.45. The van der Waals surface area contributed by atoms with Crippen LogP contribution in [0.5, 0.6) is 5.75 Å². The second kappa shape index (κ2) is 17.0. The number of phenols is 1. The maximum atomic E-state index is 12.4. The Bertz CT molecular complexity index is 1370. The highest BCUT2D eigenvalue weighted by Crippen LogP contribution is 2.38. The normalized spacial score (nSPS) is 18.8. The van der Waals surface area contributed by atoms with E-state index in [0.29, 0.717) is 56.4 Å². The van der Waals surface area contributed by atoms with Crippen LogP contribution in [0.3, 0.4) is 0 Å². The molecule has 0 aromatic heterocycles. The molecule has 1 fully saturated rings. The van der Waals surface area contributed by atoms with Gasteiger partial charge in [0, 0.05) is 43.6 Å². The van der Waals surface area contributed by atoms with Crippen LogP contribution in [0.4, 0.5) is 5.69 Å². The van der Waals surface area contributed by atoms with Gasteiger partial charge in [-0.1, -0.05) is 55.0 Å². The van der Waals surface area contributed by atoms with Gasteiger partial charge in [-0.05, 0) is 60.8 Å². The number of hydrogen-bond acceptors (Lipinski definition) is 9. The Kier molecular flexibility index (Phi) is 12.9. The fourth-order valence-corrected chi connectivity index (χ4v) is 5.34. The first-order valence-corrected chi connectivity index (χ1v) is 15.2. The number of benzene rings is 3. The van der Waals surface area contributed by atoms with Crippen LogP contribution in [0.1, 0.15) is 79.3 Å². The van der Waals surface area contributed by atoms with E-state index in [1.807, 2.05) is 48.3 Å². The molecule has 11 nitrogen and oxygen atoms in total. The van der Waals surface area contributed by atoms with Gasteiger partial charge in [-0.3, -0.25) is 14.8 Å². The topological polar surface area (TPSA) is 161 Å². The highest BCUT2D eigenvalue weighted by Gasteiger charge is 2.33. The van der Waals surface area contributed by atoms with Crippen molar-refractivity contribution in [1.29, 1.82) is 0 Å². The number of carbonyl (C=O) groups is 2. The van der Waals surface area contributed by atoms with Crippen LogP contribution >= 0.6 is 0 Å².